The predicted octanol–water partition coefficient (Wildman–Crippen LogP) is 7.32. The van der Waals surface area contributed by atoms with Crippen LogP contribution in [-0.4, -0.2) is 27.3 Å². The van der Waals surface area contributed by atoms with E-state index in [1.54, 1.807) is 11.8 Å². The molecule has 4 aromatic rings. The summed E-state index contributed by atoms with van der Waals surface area (Å²) in [6, 6.07) is 30.4. The highest BCUT2D eigenvalue weighted by Crippen LogP contribution is 2.23. The Kier molecular flexibility index (Phi) is 9.00. The minimum Gasteiger partial charge on any atom is -0.327 e. The van der Waals surface area contributed by atoms with Crippen LogP contribution >= 0.6 is 11.8 Å². The van der Waals surface area contributed by atoms with E-state index in [0.717, 1.165) is 44.8 Å². The van der Waals surface area contributed by atoms with Gasteiger partial charge in [-0.2, -0.15) is 0 Å². The lowest BCUT2D eigenvalue weighted by Gasteiger charge is -2.24. The largest absolute Gasteiger partial charge is 0.327 e. The zero-order chi connectivity index (χ0) is 23.6. The third-order valence-electron chi connectivity index (χ3n) is 6.22. The van der Waals surface area contributed by atoms with Gasteiger partial charge in [0.1, 0.15) is 5.82 Å². The number of rotatable bonds is 12. The van der Waals surface area contributed by atoms with E-state index < -0.39 is 0 Å². The SMILES string of the molecule is CCCCn1c(CN(CCc2ccccc2)Cc2ccc(SC)cc2)cnc1-c1ccccc1. The van der Waals surface area contributed by atoms with Crippen molar-refractivity contribution >= 4 is 11.8 Å². The van der Waals surface area contributed by atoms with E-state index in [0.29, 0.717) is 0 Å². The molecule has 4 heteroatoms. The van der Waals surface area contributed by atoms with Crippen molar-refractivity contribution in [2.75, 3.05) is 12.8 Å². The molecule has 0 amide bonds. The fourth-order valence-corrected chi connectivity index (χ4v) is 4.69. The average molecular weight is 470 g/mol. The highest BCUT2D eigenvalue weighted by molar-refractivity contribution is 7.98. The average Bonchev–Trinajstić information content (AvgIpc) is 3.29. The van der Waals surface area contributed by atoms with Gasteiger partial charge in [-0.3, -0.25) is 4.90 Å². The summed E-state index contributed by atoms with van der Waals surface area (Å²) in [4.78, 5) is 8.75. The molecule has 0 saturated carbocycles. The van der Waals surface area contributed by atoms with Crippen molar-refractivity contribution in [1.82, 2.24) is 14.5 Å². The minimum atomic E-state index is 0.890. The summed E-state index contributed by atoms with van der Waals surface area (Å²) in [7, 11) is 0. The van der Waals surface area contributed by atoms with Crippen LogP contribution in [0.25, 0.3) is 11.4 Å². The summed E-state index contributed by atoms with van der Waals surface area (Å²) in [5, 5.41) is 0. The van der Waals surface area contributed by atoms with Crippen molar-refractivity contribution in [3.05, 3.63) is 108 Å². The molecule has 0 radical (unpaired) electrons. The second-order valence-corrected chi connectivity index (χ2v) is 9.62. The Labute approximate surface area is 208 Å². The van der Waals surface area contributed by atoms with E-state index in [4.69, 9.17) is 4.98 Å². The molecule has 0 aliphatic rings. The Morgan fingerprint density at radius 1 is 0.824 bits per heavy atom. The maximum absolute atomic E-state index is 4.87. The first-order valence-electron chi connectivity index (χ1n) is 12.3. The van der Waals surface area contributed by atoms with Crippen molar-refractivity contribution in [1.29, 1.82) is 0 Å². The van der Waals surface area contributed by atoms with Gasteiger partial charge in [0.25, 0.3) is 0 Å². The Hall–Kier alpha value is -2.82. The quantitative estimate of drug-likeness (QED) is 0.203. The van der Waals surface area contributed by atoms with Crippen molar-refractivity contribution < 1.29 is 0 Å². The zero-order valence-electron chi connectivity index (χ0n) is 20.4. The normalized spacial score (nSPS) is 11.3. The van der Waals surface area contributed by atoms with E-state index in [-0.39, 0.29) is 0 Å². The molecule has 34 heavy (non-hydrogen) atoms. The molecule has 176 valence electrons. The lowest BCUT2D eigenvalue weighted by molar-refractivity contribution is 0.253. The van der Waals surface area contributed by atoms with Gasteiger partial charge in [-0.05, 0) is 42.4 Å². The number of nitrogens with zero attached hydrogens (tertiary/aromatic N) is 3. The summed E-state index contributed by atoms with van der Waals surface area (Å²) in [6.07, 6.45) is 7.58. The van der Waals surface area contributed by atoms with Crippen LogP contribution in [0.15, 0.2) is 96.0 Å². The number of thioether (sulfide) groups is 1. The van der Waals surface area contributed by atoms with Crippen molar-refractivity contribution in [2.24, 2.45) is 0 Å². The zero-order valence-corrected chi connectivity index (χ0v) is 21.2. The summed E-state index contributed by atoms with van der Waals surface area (Å²) in [5.74, 6) is 1.08. The highest BCUT2D eigenvalue weighted by atomic mass is 32.2. The van der Waals surface area contributed by atoms with Gasteiger partial charge >= 0.3 is 0 Å². The third kappa shape index (κ3) is 6.62. The summed E-state index contributed by atoms with van der Waals surface area (Å²) >= 11 is 1.79. The molecule has 0 aliphatic carbocycles. The molecule has 0 aliphatic heterocycles. The smallest absolute Gasteiger partial charge is 0.140 e. The fraction of sp³-hybridized carbons (Fsp3) is 0.300. The van der Waals surface area contributed by atoms with E-state index >= 15 is 0 Å². The lowest BCUT2D eigenvalue weighted by atomic mass is 10.1. The number of benzene rings is 3. The van der Waals surface area contributed by atoms with E-state index in [9.17, 15) is 0 Å². The molecule has 0 fully saturated rings. The Morgan fingerprint density at radius 2 is 1.53 bits per heavy atom. The monoisotopic (exact) mass is 469 g/mol. The van der Waals surface area contributed by atoms with Crippen LogP contribution in [0.2, 0.25) is 0 Å². The van der Waals surface area contributed by atoms with Crippen LogP contribution in [0.1, 0.15) is 36.6 Å². The molecule has 4 rings (SSSR count). The van der Waals surface area contributed by atoms with Crippen molar-refractivity contribution in [3.8, 4) is 11.4 Å². The van der Waals surface area contributed by atoms with Crippen LogP contribution in [0.3, 0.4) is 0 Å². The second kappa shape index (κ2) is 12.6. The minimum absolute atomic E-state index is 0.890. The molecule has 3 nitrogen and oxygen atoms in total. The first kappa shape index (κ1) is 24.3. The van der Waals surface area contributed by atoms with Crippen LogP contribution in [0, 0.1) is 0 Å². The molecular formula is C30H35N3S. The molecule has 0 N–H and O–H groups in total. The molecule has 0 saturated heterocycles. The number of unbranched alkanes of at least 4 members (excludes halogenated alkanes) is 1. The maximum atomic E-state index is 4.87. The first-order chi connectivity index (χ1) is 16.8. The van der Waals surface area contributed by atoms with Gasteiger partial charge in [-0.1, -0.05) is 86.1 Å². The van der Waals surface area contributed by atoms with Crippen LogP contribution in [-0.2, 0) is 26.1 Å². The van der Waals surface area contributed by atoms with Gasteiger partial charge in [0, 0.05) is 36.6 Å². The third-order valence-corrected chi connectivity index (χ3v) is 6.96. The van der Waals surface area contributed by atoms with E-state index in [1.165, 1.54) is 33.7 Å². The number of hydrogen-bond donors (Lipinski definition) is 0. The Morgan fingerprint density at radius 3 is 2.21 bits per heavy atom. The molecule has 0 bridgehead atoms. The van der Waals surface area contributed by atoms with E-state index in [2.05, 4.69) is 114 Å². The molecular weight excluding hydrogens is 434 g/mol. The standard InChI is InChI=1S/C30H35N3S/c1-3-4-20-33-28(22-31-30(33)27-13-9-6-10-14-27)24-32(21-19-25-11-7-5-8-12-25)23-26-15-17-29(34-2)18-16-26/h5-18,22H,3-4,19-21,23-24H2,1-2H3. The van der Waals surface area contributed by atoms with Gasteiger partial charge in [0.15, 0.2) is 0 Å². The summed E-state index contributed by atoms with van der Waals surface area (Å²) in [6.45, 7) is 6.09. The van der Waals surface area contributed by atoms with Gasteiger partial charge in [-0.15, -0.1) is 11.8 Å². The Bertz CT molecular complexity index is 1120. The number of imidazole rings is 1. The molecule has 1 aromatic heterocycles. The molecule has 0 atom stereocenters. The van der Waals surface area contributed by atoms with E-state index in [1.807, 2.05) is 0 Å². The topological polar surface area (TPSA) is 21.1 Å². The summed E-state index contributed by atoms with van der Waals surface area (Å²) in [5.41, 5.74) is 5.22. The van der Waals surface area contributed by atoms with Gasteiger partial charge in [0.05, 0.1) is 11.9 Å². The first-order valence-corrected chi connectivity index (χ1v) is 13.5. The molecule has 0 unspecified atom stereocenters. The van der Waals surface area contributed by atoms with Crippen LogP contribution in [0.5, 0.6) is 0 Å². The number of hydrogen-bond acceptors (Lipinski definition) is 3. The fourth-order valence-electron chi connectivity index (χ4n) is 4.28. The van der Waals surface area contributed by atoms with Crippen LogP contribution in [0.4, 0.5) is 0 Å². The predicted molar refractivity (Wildman–Crippen MR) is 145 cm³/mol. The van der Waals surface area contributed by atoms with Gasteiger partial charge in [0.2, 0.25) is 0 Å². The van der Waals surface area contributed by atoms with Gasteiger partial charge in [-0.25, -0.2) is 4.98 Å². The second-order valence-electron chi connectivity index (χ2n) is 8.74. The highest BCUT2D eigenvalue weighted by Gasteiger charge is 2.15. The van der Waals surface area contributed by atoms with Crippen molar-refractivity contribution in [2.45, 2.75) is 50.7 Å². The molecule has 0 spiro atoms. The summed E-state index contributed by atoms with van der Waals surface area (Å²) < 4.78 is 2.44. The molecule has 1 heterocycles. The maximum Gasteiger partial charge on any atom is 0.140 e. The van der Waals surface area contributed by atoms with Crippen LogP contribution < -0.4 is 0 Å². The van der Waals surface area contributed by atoms with Gasteiger partial charge < -0.3 is 4.57 Å². The van der Waals surface area contributed by atoms with Crippen molar-refractivity contribution in [3.63, 3.8) is 0 Å². The number of aromatic nitrogens is 2. The molecule has 3 aromatic carbocycles. The lowest BCUT2D eigenvalue weighted by Crippen LogP contribution is -2.26. The Balaban J connectivity index is 1.58.